The van der Waals surface area contributed by atoms with Gasteiger partial charge in [0.25, 0.3) is 0 Å². The fourth-order valence-corrected chi connectivity index (χ4v) is 2.22. The molecule has 0 saturated heterocycles. The zero-order valence-electron chi connectivity index (χ0n) is 12.4. The molecule has 0 spiro atoms. The molecule has 1 heterocycles. The van der Waals surface area contributed by atoms with E-state index in [1.165, 1.54) is 11.1 Å². The van der Waals surface area contributed by atoms with E-state index in [4.69, 9.17) is 9.47 Å². The molecule has 0 radical (unpaired) electrons. The number of aromatic nitrogens is 2. The van der Waals surface area contributed by atoms with Crippen LogP contribution in [0.15, 0.2) is 24.5 Å². The highest BCUT2D eigenvalue weighted by molar-refractivity contribution is 5.48. The van der Waals surface area contributed by atoms with Gasteiger partial charge in [0, 0.05) is 32.4 Å². The van der Waals surface area contributed by atoms with Gasteiger partial charge >= 0.3 is 0 Å². The normalized spacial score (nSPS) is 10.6. The second-order valence-corrected chi connectivity index (χ2v) is 4.64. The van der Waals surface area contributed by atoms with Crippen molar-refractivity contribution < 1.29 is 9.47 Å². The van der Waals surface area contributed by atoms with Gasteiger partial charge in [-0.05, 0) is 30.3 Å². The van der Waals surface area contributed by atoms with Crippen molar-refractivity contribution in [2.45, 2.75) is 13.0 Å². The molecular weight excluding hydrogens is 254 g/mol. The number of nitrogens with zero attached hydrogens (tertiary/aromatic N) is 2. The average molecular weight is 275 g/mol. The van der Waals surface area contributed by atoms with Crippen molar-refractivity contribution >= 4 is 0 Å². The molecule has 2 rings (SSSR count). The number of rotatable bonds is 6. The smallest absolute Gasteiger partial charge is 0.161 e. The summed E-state index contributed by atoms with van der Waals surface area (Å²) in [6, 6.07) is 4.05. The summed E-state index contributed by atoms with van der Waals surface area (Å²) in [5.74, 6) is 2.52. The highest BCUT2D eigenvalue weighted by Crippen LogP contribution is 2.31. The number of aryl methyl sites for hydroxylation is 1. The average Bonchev–Trinajstić information content (AvgIpc) is 2.85. The lowest BCUT2D eigenvalue weighted by molar-refractivity contribution is 0.354. The van der Waals surface area contributed by atoms with Crippen LogP contribution in [0, 0.1) is 0 Å². The summed E-state index contributed by atoms with van der Waals surface area (Å²) in [6.45, 7) is 0.778. The van der Waals surface area contributed by atoms with Crippen LogP contribution in [0.2, 0.25) is 0 Å². The number of ether oxygens (including phenoxy) is 2. The quantitative estimate of drug-likeness (QED) is 0.872. The molecule has 0 fully saturated rings. The van der Waals surface area contributed by atoms with E-state index in [0.717, 1.165) is 30.3 Å². The second-order valence-electron chi connectivity index (χ2n) is 4.64. The van der Waals surface area contributed by atoms with Crippen LogP contribution < -0.4 is 14.8 Å². The number of hydrogen-bond acceptors (Lipinski definition) is 4. The van der Waals surface area contributed by atoms with Crippen molar-refractivity contribution in [2.24, 2.45) is 7.05 Å². The third kappa shape index (κ3) is 2.93. The summed E-state index contributed by atoms with van der Waals surface area (Å²) >= 11 is 0. The molecule has 0 aliphatic carbocycles. The van der Waals surface area contributed by atoms with Crippen molar-refractivity contribution in [1.29, 1.82) is 0 Å². The molecule has 0 unspecified atom stereocenters. The Morgan fingerprint density at radius 1 is 1.15 bits per heavy atom. The SMILES string of the molecule is CNCc1cc(OC)c(OC)cc1Cc1nccn1C. The first kappa shape index (κ1) is 14.4. The Morgan fingerprint density at radius 3 is 2.30 bits per heavy atom. The number of benzene rings is 1. The molecule has 1 N–H and O–H groups in total. The molecule has 0 amide bonds. The van der Waals surface area contributed by atoms with Gasteiger partial charge in [-0.3, -0.25) is 0 Å². The topological polar surface area (TPSA) is 48.3 Å². The number of nitrogens with one attached hydrogen (secondary N) is 1. The van der Waals surface area contributed by atoms with E-state index in [1.54, 1.807) is 14.2 Å². The van der Waals surface area contributed by atoms with Crippen molar-refractivity contribution in [3.8, 4) is 11.5 Å². The van der Waals surface area contributed by atoms with Crippen LogP contribution in [0.3, 0.4) is 0 Å². The van der Waals surface area contributed by atoms with Gasteiger partial charge in [-0.25, -0.2) is 4.98 Å². The lowest BCUT2D eigenvalue weighted by Gasteiger charge is -2.15. The molecule has 1 aromatic carbocycles. The van der Waals surface area contributed by atoms with E-state index in [0.29, 0.717) is 0 Å². The first-order chi connectivity index (χ1) is 9.69. The van der Waals surface area contributed by atoms with Crippen molar-refractivity contribution in [3.05, 3.63) is 41.5 Å². The monoisotopic (exact) mass is 275 g/mol. The number of hydrogen-bond donors (Lipinski definition) is 1. The van der Waals surface area contributed by atoms with Crippen molar-refractivity contribution in [3.63, 3.8) is 0 Å². The zero-order valence-corrected chi connectivity index (χ0v) is 12.4. The summed E-state index contributed by atoms with van der Waals surface area (Å²) in [6.07, 6.45) is 4.53. The van der Waals surface area contributed by atoms with Gasteiger partial charge in [0.05, 0.1) is 14.2 Å². The molecule has 2 aromatic rings. The zero-order chi connectivity index (χ0) is 14.5. The molecule has 5 heteroatoms. The summed E-state index contributed by atoms with van der Waals surface area (Å²) in [5.41, 5.74) is 2.37. The van der Waals surface area contributed by atoms with Crippen LogP contribution in [0.1, 0.15) is 17.0 Å². The maximum atomic E-state index is 5.39. The van der Waals surface area contributed by atoms with Crippen LogP contribution in [-0.4, -0.2) is 30.8 Å². The van der Waals surface area contributed by atoms with Gasteiger partial charge < -0.3 is 19.4 Å². The molecule has 5 nitrogen and oxygen atoms in total. The van der Waals surface area contributed by atoms with Crippen LogP contribution >= 0.6 is 0 Å². The summed E-state index contributed by atoms with van der Waals surface area (Å²) in [5, 5.41) is 3.18. The summed E-state index contributed by atoms with van der Waals surface area (Å²) in [7, 11) is 7.24. The minimum absolute atomic E-state index is 0.747. The Kier molecular flexibility index (Phi) is 4.63. The van der Waals surface area contributed by atoms with Gasteiger partial charge in [-0.15, -0.1) is 0 Å². The Hall–Kier alpha value is -2.01. The Morgan fingerprint density at radius 2 is 1.80 bits per heavy atom. The number of methoxy groups -OCH3 is 2. The first-order valence-electron chi connectivity index (χ1n) is 6.54. The Bertz CT molecular complexity index is 578. The number of imidazole rings is 1. The molecule has 0 aliphatic heterocycles. The Balaban J connectivity index is 2.41. The molecule has 0 saturated carbocycles. The molecule has 20 heavy (non-hydrogen) atoms. The second kappa shape index (κ2) is 6.43. The minimum atomic E-state index is 0.747. The summed E-state index contributed by atoms with van der Waals surface area (Å²) < 4.78 is 12.8. The van der Waals surface area contributed by atoms with E-state index < -0.39 is 0 Å². The standard InChI is InChI=1S/C15H21N3O2/c1-16-10-12-8-14(20-4)13(19-3)7-11(12)9-15-17-5-6-18(15)2/h5-8,16H,9-10H2,1-4H3. The van der Waals surface area contributed by atoms with E-state index in [1.807, 2.05) is 43.2 Å². The highest BCUT2D eigenvalue weighted by atomic mass is 16.5. The van der Waals surface area contributed by atoms with E-state index >= 15 is 0 Å². The predicted octanol–water partition coefficient (Wildman–Crippen LogP) is 1.75. The van der Waals surface area contributed by atoms with Gasteiger partial charge in [0.1, 0.15) is 5.82 Å². The van der Waals surface area contributed by atoms with Crippen molar-refractivity contribution in [2.75, 3.05) is 21.3 Å². The minimum Gasteiger partial charge on any atom is -0.493 e. The molecule has 0 bridgehead atoms. The molecule has 108 valence electrons. The van der Waals surface area contributed by atoms with Gasteiger partial charge in [-0.2, -0.15) is 0 Å². The first-order valence-corrected chi connectivity index (χ1v) is 6.54. The fourth-order valence-electron chi connectivity index (χ4n) is 2.22. The summed E-state index contributed by atoms with van der Waals surface area (Å²) in [4.78, 5) is 4.38. The van der Waals surface area contributed by atoms with E-state index in [2.05, 4.69) is 10.3 Å². The van der Waals surface area contributed by atoms with Crippen LogP contribution in [0.25, 0.3) is 0 Å². The third-order valence-electron chi connectivity index (χ3n) is 3.34. The van der Waals surface area contributed by atoms with E-state index in [-0.39, 0.29) is 0 Å². The Labute approximate surface area is 119 Å². The van der Waals surface area contributed by atoms with Gasteiger partial charge in [0.2, 0.25) is 0 Å². The van der Waals surface area contributed by atoms with Gasteiger partial charge in [0.15, 0.2) is 11.5 Å². The van der Waals surface area contributed by atoms with Crippen molar-refractivity contribution in [1.82, 2.24) is 14.9 Å². The largest absolute Gasteiger partial charge is 0.493 e. The van der Waals surface area contributed by atoms with Crippen LogP contribution in [0.4, 0.5) is 0 Å². The maximum absolute atomic E-state index is 5.39. The third-order valence-corrected chi connectivity index (χ3v) is 3.34. The molecular formula is C15H21N3O2. The van der Waals surface area contributed by atoms with Crippen LogP contribution in [0.5, 0.6) is 11.5 Å². The lowest BCUT2D eigenvalue weighted by Crippen LogP contribution is -2.10. The molecule has 1 aromatic heterocycles. The lowest BCUT2D eigenvalue weighted by atomic mass is 10.0. The maximum Gasteiger partial charge on any atom is 0.161 e. The fraction of sp³-hybridized carbons (Fsp3) is 0.400. The molecule has 0 aliphatic rings. The van der Waals surface area contributed by atoms with Gasteiger partial charge in [-0.1, -0.05) is 0 Å². The molecule has 0 atom stereocenters. The van der Waals surface area contributed by atoms with Crippen LogP contribution in [-0.2, 0) is 20.0 Å². The predicted molar refractivity (Wildman–Crippen MR) is 78.3 cm³/mol. The van der Waals surface area contributed by atoms with E-state index in [9.17, 15) is 0 Å². The highest BCUT2D eigenvalue weighted by Gasteiger charge is 2.12.